The van der Waals surface area contributed by atoms with Crippen molar-refractivity contribution in [2.24, 2.45) is 0 Å². The number of pyridine rings is 1. The molecule has 1 aromatic carbocycles. The van der Waals surface area contributed by atoms with Crippen molar-refractivity contribution in [2.75, 3.05) is 11.9 Å². The van der Waals surface area contributed by atoms with Crippen LogP contribution in [0.5, 0.6) is 5.75 Å². The van der Waals surface area contributed by atoms with Crippen LogP contribution in [-0.2, 0) is 0 Å². The molecule has 114 valence electrons. The maximum Gasteiger partial charge on any atom is 0.257 e. The zero-order valence-electron chi connectivity index (χ0n) is 11.8. The molecule has 0 aliphatic carbocycles. The first-order valence-electron chi connectivity index (χ1n) is 6.55. The Morgan fingerprint density at radius 2 is 2.00 bits per heavy atom. The van der Waals surface area contributed by atoms with Crippen molar-refractivity contribution in [1.82, 2.24) is 10.3 Å². The minimum absolute atomic E-state index is 0.183. The molecule has 0 spiro atoms. The van der Waals surface area contributed by atoms with Crippen LogP contribution < -0.4 is 15.4 Å². The van der Waals surface area contributed by atoms with E-state index in [9.17, 15) is 4.79 Å². The fraction of sp³-hybridized carbons (Fsp3) is 0.133. The van der Waals surface area contributed by atoms with Crippen molar-refractivity contribution in [1.29, 1.82) is 0 Å². The SMILES string of the molecule is CCOc1ccc(C(=O)NC(=S)Nc2ccc(Cl)nc2)cc1. The van der Waals surface area contributed by atoms with Gasteiger partial charge in [0.15, 0.2) is 5.11 Å². The van der Waals surface area contributed by atoms with Crippen LogP contribution in [0.15, 0.2) is 42.6 Å². The first-order valence-corrected chi connectivity index (χ1v) is 7.34. The summed E-state index contributed by atoms with van der Waals surface area (Å²) in [4.78, 5) is 16.0. The quantitative estimate of drug-likeness (QED) is 0.663. The first kappa shape index (κ1) is 16.2. The number of carbonyl (C=O) groups is 1. The van der Waals surface area contributed by atoms with Crippen molar-refractivity contribution in [3.8, 4) is 5.75 Å². The highest BCUT2D eigenvalue weighted by Crippen LogP contribution is 2.12. The van der Waals surface area contributed by atoms with E-state index in [4.69, 9.17) is 28.6 Å². The van der Waals surface area contributed by atoms with E-state index in [1.54, 1.807) is 36.4 Å². The van der Waals surface area contributed by atoms with Crippen LogP contribution in [0.25, 0.3) is 0 Å². The number of aromatic nitrogens is 1. The molecule has 22 heavy (non-hydrogen) atoms. The molecule has 0 saturated carbocycles. The van der Waals surface area contributed by atoms with Gasteiger partial charge < -0.3 is 10.1 Å². The Kier molecular flexibility index (Phi) is 5.68. The summed E-state index contributed by atoms with van der Waals surface area (Å²) in [6, 6.07) is 10.2. The van der Waals surface area contributed by atoms with Gasteiger partial charge in [-0.15, -0.1) is 0 Å². The van der Waals surface area contributed by atoms with Crippen LogP contribution in [0, 0.1) is 0 Å². The Morgan fingerprint density at radius 1 is 1.27 bits per heavy atom. The van der Waals surface area contributed by atoms with Crippen LogP contribution in [0.4, 0.5) is 5.69 Å². The van der Waals surface area contributed by atoms with E-state index in [1.165, 1.54) is 6.20 Å². The lowest BCUT2D eigenvalue weighted by Crippen LogP contribution is -2.34. The maximum atomic E-state index is 12.1. The largest absolute Gasteiger partial charge is 0.494 e. The van der Waals surface area contributed by atoms with Crippen LogP contribution >= 0.6 is 23.8 Å². The Bertz CT molecular complexity index is 659. The molecule has 0 bridgehead atoms. The van der Waals surface area contributed by atoms with Gasteiger partial charge in [0.25, 0.3) is 5.91 Å². The van der Waals surface area contributed by atoms with Crippen molar-refractivity contribution in [3.05, 3.63) is 53.3 Å². The van der Waals surface area contributed by atoms with Gasteiger partial charge in [0, 0.05) is 5.56 Å². The van der Waals surface area contributed by atoms with E-state index < -0.39 is 0 Å². The molecule has 1 aromatic heterocycles. The van der Waals surface area contributed by atoms with Gasteiger partial charge in [-0.25, -0.2) is 4.98 Å². The van der Waals surface area contributed by atoms with Crippen molar-refractivity contribution >= 4 is 40.5 Å². The summed E-state index contributed by atoms with van der Waals surface area (Å²) < 4.78 is 5.32. The van der Waals surface area contributed by atoms with E-state index in [-0.39, 0.29) is 11.0 Å². The van der Waals surface area contributed by atoms with Crippen LogP contribution in [0.2, 0.25) is 5.15 Å². The average molecular weight is 336 g/mol. The minimum atomic E-state index is -0.303. The summed E-state index contributed by atoms with van der Waals surface area (Å²) >= 11 is 10.8. The van der Waals surface area contributed by atoms with Gasteiger partial charge >= 0.3 is 0 Å². The second kappa shape index (κ2) is 7.72. The summed E-state index contributed by atoms with van der Waals surface area (Å²) in [5.74, 6) is 0.412. The first-order chi connectivity index (χ1) is 10.6. The van der Waals surface area contributed by atoms with Crippen molar-refractivity contribution in [3.63, 3.8) is 0 Å². The van der Waals surface area contributed by atoms with Gasteiger partial charge in [-0.3, -0.25) is 10.1 Å². The summed E-state index contributed by atoms with van der Waals surface area (Å²) in [7, 11) is 0. The molecule has 1 heterocycles. The number of anilines is 1. The summed E-state index contributed by atoms with van der Waals surface area (Å²) in [5.41, 5.74) is 1.13. The van der Waals surface area contributed by atoms with Crippen LogP contribution in [-0.4, -0.2) is 22.6 Å². The molecule has 0 unspecified atom stereocenters. The van der Waals surface area contributed by atoms with Gasteiger partial charge in [-0.05, 0) is 55.5 Å². The third-order valence-electron chi connectivity index (χ3n) is 2.64. The molecule has 0 radical (unpaired) electrons. The Hall–Kier alpha value is -2.18. The Balaban J connectivity index is 1.93. The molecule has 2 N–H and O–H groups in total. The lowest BCUT2D eigenvalue weighted by molar-refractivity contribution is 0.0977. The fourth-order valence-electron chi connectivity index (χ4n) is 1.66. The van der Waals surface area contributed by atoms with E-state index in [1.807, 2.05) is 6.92 Å². The van der Waals surface area contributed by atoms with Gasteiger partial charge in [0.1, 0.15) is 10.9 Å². The monoisotopic (exact) mass is 335 g/mol. The molecule has 0 atom stereocenters. The van der Waals surface area contributed by atoms with Gasteiger partial charge in [0.2, 0.25) is 0 Å². The zero-order chi connectivity index (χ0) is 15.9. The third-order valence-corrected chi connectivity index (χ3v) is 3.07. The van der Waals surface area contributed by atoms with Gasteiger partial charge in [-0.1, -0.05) is 11.6 Å². The second-order valence-electron chi connectivity index (χ2n) is 4.24. The summed E-state index contributed by atoms with van der Waals surface area (Å²) in [6.45, 7) is 2.48. The molecule has 0 saturated heterocycles. The highest BCUT2D eigenvalue weighted by molar-refractivity contribution is 7.80. The normalized spacial score (nSPS) is 9.91. The predicted octanol–water partition coefficient (Wildman–Crippen LogP) is 3.26. The molecular weight excluding hydrogens is 322 g/mol. The van der Waals surface area contributed by atoms with E-state index in [2.05, 4.69) is 15.6 Å². The fourth-order valence-corrected chi connectivity index (χ4v) is 1.98. The molecule has 2 rings (SSSR count). The third kappa shape index (κ3) is 4.68. The number of carbonyl (C=O) groups excluding carboxylic acids is 1. The topological polar surface area (TPSA) is 63.2 Å². The molecule has 1 amide bonds. The number of amides is 1. The van der Waals surface area contributed by atoms with E-state index in [0.29, 0.717) is 28.8 Å². The molecule has 2 aromatic rings. The number of thiocarbonyl (C=S) groups is 1. The highest BCUT2D eigenvalue weighted by Gasteiger charge is 2.08. The summed E-state index contributed by atoms with van der Waals surface area (Å²) in [5, 5.41) is 6.01. The molecule has 0 aliphatic rings. The molecule has 5 nitrogen and oxygen atoms in total. The molecular formula is C15H14ClN3O2S. The number of nitrogens with one attached hydrogen (secondary N) is 2. The van der Waals surface area contributed by atoms with E-state index in [0.717, 1.165) is 0 Å². The smallest absolute Gasteiger partial charge is 0.257 e. The van der Waals surface area contributed by atoms with Crippen molar-refractivity contribution < 1.29 is 9.53 Å². The van der Waals surface area contributed by atoms with Crippen molar-refractivity contribution in [2.45, 2.75) is 6.92 Å². The predicted molar refractivity (Wildman–Crippen MR) is 90.5 cm³/mol. The second-order valence-corrected chi connectivity index (χ2v) is 5.03. The molecule has 0 aliphatic heterocycles. The van der Waals surface area contributed by atoms with E-state index >= 15 is 0 Å². The van der Waals surface area contributed by atoms with Gasteiger partial charge in [-0.2, -0.15) is 0 Å². The van der Waals surface area contributed by atoms with Crippen LogP contribution in [0.3, 0.4) is 0 Å². The number of rotatable bonds is 4. The Morgan fingerprint density at radius 3 is 2.59 bits per heavy atom. The summed E-state index contributed by atoms with van der Waals surface area (Å²) in [6.07, 6.45) is 1.53. The lowest BCUT2D eigenvalue weighted by atomic mass is 10.2. The lowest BCUT2D eigenvalue weighted by Gasteiger charge is -2.09. The number of benzene rings is 1. The number of halogens is 1. The molecule has 7 heteroatoms. The minimum Gasteiger partial charge on any atom is -0.494 e. The van der Waals surface area contributed by atoms with Crippen LogP contribution in [0.1, 0.15) is 17.3 Å². The zero-order valence-corrected chi connectivity index (χ0v) is 13.4. The highest BCUT2D eigenvalue weighted by atomic mass is 35.5. The van der Waals surface area contributed by atoms with Gasteiger partial charge in [0.05, 0.1) is 18.5 Å². The standard InChI is InChI=1S/C15H14ClN3O2S/c1-2-21-12-6-3-10(4-7-12)14(20)19-15(22)18-11-5-8-13(16)17-9-11/h3-9H,2H2,1H3,(H2,18,19,20,22). The number of ether oxygens (including phenoxy) is 1. The number of nitrogens with zero attached hydrogens (tertiary/aromatic N) is 1. The Labute approximate surface area is 138 Å². The number of hydrogen-bond donors (Lipinski definition) is 2. The molecule has 0 fully saturated rings. The average Bonchev–Trinajstić information content (AvgIpc) is 2.50. The number of hydrogen-bond acceptors (Lipinski definition) is 4. The maximum absolute atomic E-state index is 12.1.